The SMILES string of the molecule is Fc1cc(Br)cc(CN2CCC3(CC2)OCCO3)c1. The number of benzene rings is 1. The molecule has 2 fully saturated rings. The lowest BCUT2D eigenvalue weighted by molar-refractivity contribution is -0.185. The molecule has 19 heavy (non-hydrogen) atoms. The van der Waals surface area contributed by atoms with Crippen LogP contribution in [-0.4, -0.2) is 37.0 Å². The van der Waals surface area contributed by atoms with E-state index in [0.717, 1.165) is 42.5 Å². The summed E-state index contributed by atoms with van der Waals surface area (Å²) in [6, 6.07) is 5.04. The number of likely N-dealkylation sites (tertiary alicyclic amines) is 1. The molecule has 5 heteroatoms. The van der Waals surface area contributed by atoms with Gasteiger partial charge in [-0.25, -0.2) is 4.39 Å². The third-order valence-electron chi connectivity index (χ3n) is 3.76. The normalized spacial score (nSPS) is 23.1. The average Bonchev–Trinajstić information content (AvgIpc) is 2.80. The number of piperidine rings is 1. The van der Waals surface area contributed by atoms with E-state index in [1.807, 2.05) is 6.07 Å². The minimum absolute atomic E-state index is 0.194. The van der Waals surface area contributed by atoms with Crippen LogP contribution < -0.4 is 0 Å². The summed E-state index contributed by atoms with van der Waals surface area (Å²) >= 11 is 3.33. The van der Waals surface area contributed by atoms with Crippen LogP contribution in [0.15, 0.2) is 22.7 Å². The fraction of sp³-hybridized carbons (Fsp3) is 0.571. The molecular weight excluding hydrogens is 313 g/mol. The van der Waals surface area contributed by atoms with E-state index in [1.54, 1.807) is 6.07 Å². The van der Waals surface area contributed by atoms with Crippen LogP contribution in [0, 0.1) is 5.82 Å². The number of ether oxygens (including phenoxy) is 2. The first-order valence-corrected chi connectivity index (χ1v) is 7.40. The van der Waals surface area contributed by atoms with Crippen molar-refractivity contribution in [1.82, 2.24) is 4.90 Å². The second-order valence-corrected chi connectivity index (χ2v) is 6.08. The summed E-state index contributed by atoms with van der Waals surface area (Å²) in [6.07, 6.45) is 1.78. The standard InChI is InChI=1S/C14H17BrFNO2/c15-12-7-11(8-13(16)9-12)10-17-3-1-14(2-4-17)18-5-6-19-14/h7-9H,1-6,10H2. The Labute approximate surface area is 120 Å². The molecular formula is C14H17BrFNO2. The lowest BCUT2D eigenvalue weighted by atomic mass is 10.0. The van der Waals surface area contributed by atoms with Crippen LogP contribution in [-0.2, 0) is 16.0 Å². The van der Waals surface area contributed by atoms with Gasteiger partial charge in [-0.2, -0.15) is 0 Å². The molecule has 0 aliphatic carbocycles. The molecule has 104 valence electrons. The second kappa shape index (κ2) is 5.48. The first kappa shape index (κ1) is 13.5. The van der Waals surface area contributed by atoms with Crippen LogP contribution >= 0.6 is 15.9 Å². The number of nitrogens with zero attached hydrogens (tertiary/aromatic N) is 1. The predicted molar refractivity (Wildman–Crippen MR) is 73.2 cm³/mol. The maximum Gasteiger partial charge on any atom is 0.170 e. The van der Waals surface area contributed by atoms with Gasteiger partial charge < -0.3 is 9.47 Å². The quantitative estimate of drug-likeness (QED) is 0.832. The molecule has 1 aromatic carbocycles. The van der Waals surface area contributed by atoms with Gasteiger partial charge in [0.25, 0.3) is 0 Å². The Morgan fingerprint density at radius 2 is 1.84 bits per heavy atom. The molecule has 0 radical (unpaired) electrons. The molecule has 3 nitrogen and oxygen atoms in total. The molecule has 0 N–H and O–H groups in total. The van der Waals surface area contributed by atoms with E-state index in [-0.39, 0.29) is 11.6 Å². The van der Waals surface area contributed by atoms with Gasteiger partial charge in [0.05, 0.1) is 13.2 Å². The zero-order valence-corrected chi connectivity index (χ0v) is 12.3. The fourth-order valence-electron chi connectivity index (χ4n) is 2.80. The van der Waals surface area contributed by atoms with E-state index in [1.165, 1.54) is 6.07 Å². The van der Waals surface area contributed by atoms with Crippen LogP contribution in [0.25, 0.3) is 0 Å². The van der Waals surface area contributed by atoms with Crippen LogP contribution in [0.5, 0.6) is 0 Å². The molecule has 0 atom stereocenters. The van der Waals surface area contributed by atoms with Gasteiger partial charge in [-0.3, -0.25) is 4.90 Å². The minimum atomic E-state index is -0.334. The third-order valence-corrected chi connectivity index (χ3v) is 4.22. The molecule has 0 unspecified atom stereocenters. The summed E-state index contributed by atoms with van der Waals surface area (Å²) in [4.78, 5) is 2.32. The summed E-state index contributed by atoms with van der Waals surface area (Å²) in [7, 11) is 0. The van der Waals surface area contributed by atoms with Gasteiger partial charge >= 0.3 is 0 Å². The number of rotatable bonds is 2. The Hall–Kier alpha value is -0.490. The largest absolute Gasteiger partial charge is 0.347 e. The number of hydrogen-bond donors (Lipinski definition) is 0. The van der Waals surface area contributed by atoms with Gasteiger partial charge in [-0.1, -0.05) is 15.9 Å². The second-order valence-electron chi connectivity index (χ2n) is 5.16. The van der Waals surface area contributed by atoms with E-state index in [2.05, 4.69) is 20.8 Å². The lowest BCUT2D eigenvalue weighted by Gasteiger charge is -2.37. The van der Waals surface area contributed by atoms with E-state index in [4.69, 9.17) is 9.47 Å². The molecule has 1 aromatic rings. The molecule has 3 rings (SSSR count). The van der Waals surface area contributed by atoms with Gasteiger partial charge in [0.15, 0.2) is 5.79 Å². The van der Waals surface area contributed by atoms with E-state index < -0.39 is 0 Å². The van der Waals surface area contributed by atoms with Crippen molar-refractivity contribution in [3.63, 3.8) is 0 Å². The maximum atomic E-state index is 13.3. The third kappa shape index (κ3) is 3.16. The van der Waals surface area contributed by atoms with Crippen molar-refractivity contribution in [1.29, 1.82) is 0 Å². The molecule has 0 saturated carbocycles. The van der Waals surface area contributed by atoms with Crippen molar-refractivity contribution in [3.8, 4) is 0 Å². The van der Waals surface area contributed by atoms with Crippen molar-refractivity contribution < 1.29 is 13.9 Å². The smallest absolute Gasteiger partial charge is 0.170 e. The molecule has 2 saturated heterocycles. The molecule has 2 heterocycles. The van der Waals surface area contributed by atoms with Gasteiger partial charge in [-0.05, 0) is 23.8 Å². The first-order chi connectivity index (χ1) is 9.15. The molecule has 0 aromatic heterocycles. The van der Waals surface area contributed by atoms with Crippen LogP contribution in [0.1, 0.15) is 18.4 Å². The summed E-state index contributed by atoms with van der Waals surface area (Å²) < 4.78 is 25.5. The molecule has 0 amide bonds. The van der Waals surface area contributed by atoms with E-state index in [9.17, 15) is 4.39 Å². The molecule has 0 bridgehead atoms. The highest BCUT2D eigenvalue weighted by molar-refractivity contribution is 9.10. The Morgan fingerprint density at radius 3 is 2.47 bits per heavy atom. The van der Waals surface area contributed by atoms with Crippen LogP contribution in [0.2, 0.25) is 0 Å². The first-order valence-electron chi connectivity index (χ1n) is 6.60. The fourth-order valence-corrected chi connectivity index (χ4v) is 3.31. The number of hydrogen-bond acceptors (Lipinski definition) is 3. The topological polar surface area (TPSA) is 21.7 Å². The van der Waals surface area contributed by atoms with E-state index >= 15 is 0 Å². The van der Waals surface area contributed by atoms with Crippen LogP contribution in [0.4, 0.5) is 4.39 Å². The summed E-state index contributed by atoms with van der Waals surface area (Å²) in [6.45, 7) is 4.03. The Bertz CT molecular complexity index is 433. The van der Waals surface area contributed by atoms with Gasteiger partial charge in [-0.15, -0.1) is 0 Å². The summed E-state index contributed by atoms with van der Waals surface area (Å²) in [5, 5.41) is 0. The van der Waals surface area contributed by atoms with Crippen molar-refractivity contribution in [2.75, 3.05) is 26.3 Å². The highest BCUT2D eigenvalue weighted by Crippen LogP contribution is 2.31. The Morgan fingerprint density at radius 1 is 1.16 bits per heavy atom. The monoisotopic (exact) mass is 329 g/mol. The average molecular weight is 330 g/mol. The number of halogens is 2. The predicted octanol–water partition coefficient (Wildman–Crippen LogP) is 2.93. The Kier molecular flexibility index (Phi) is 3.89. The summed E-state index contributed by atoms with van der Waals surface area (Å²) in [5.41, 5.74) is 0.996. The van der Waals surface area contributed by atoms with Crippen molar-refractivity contribution in [3.05, 3.63) is 34.1 Å². The molecule has 2 aliphatic rings. The Balaban J connectivity index is 1.59. The van der Waals surface area contributed by atoms with Gasteiger partial charge in [0.2, 0.25) is 0 Å². The highest BCUT2D eigenvalue weighted by Gasteiger charge is 2.39. The van der Waals surface area contributed by atoms with Crippen molar-refractivity contribution in [2.45, 2.75) is 25.2 Å². The van der Waals surface area contributed by atoms with Gasteiger partial charge in [0, 0.05) is 36.9 Å². The minimum Gasteiger partial charge on any atom is -0.347 e. The highest BCUT2D eigenvalue weighted by atomic mass is 79.9. The molecule has 1 spiro atoms. The van der Waals surface area contributed by atoms with E-state index in [0.29, 0.717) is 13.2 Å². The van der Waals surface area contributed by atoms with Crippen molar-refractivity contribution in [2.24, 2.45) is 0 Å². The van der Waals surface area contributed by atoms with Gasteiger partial charge in [0.1, 0.15) is 5.82 Å². The zero-order chi connectivity index (χ0) is 13.3. The van der Waals surface area contributed by atoms with Crippen LogP contribution in [0.3, 0.4) is 0 Å². The zero-order valence-electron chi connectivity index (χ0n) is 10.7. The van der Waals surface area contributed by atoms with Crippen molar-refractivity contribution >= 4 is 15.9 Å². The maximum absolute atomic E-state index is 13.3. The molecule has 2 aliphatic heterocycles. The summed E-state index contributed by atoms with van der Waals surface area (Å²) in [5.74, 6) is -0.528. The lowest BCUT2D eigenvalue weighted by Crippen LogP contribution is -2.44.